The molecular formula is C21H22N4O2. The molecular weight excluding hydrogens is 340 g/mol. The SMILES string of the molecule is COCC(=O)N1c2ncnn2[C@@H](c2ccccc2)C[C@H]1c1ccc(C)cc1. The van der Waals surface area contributed by atoms with Crippen molar-refractivity contribution in [1.82, 2.24) is 14.8 Å². The number of carbonyl (C=O) groups excluding carboxylic acids is 1. The zero-order chi connectivity index (χ0) is 18.8. The van der Waals surface area contributed by atoms with Crippen molar-refractivity contribution < 1.29 is 9.53 Å². The van der Waals surface area contributed by atoms with Crippen molar-refractivity contribution in [1.29, 1.82) is 0 Å². The fourth-order valence-electron chi connectivity index (χ4n) is 3.70. The van der Waals surface area contributed by atoms with E-state index in [9.17, 15) is 4.79 Å². The molecule has 3 aromatic rings. The zero-order valence-corrected chi connectivity index (χ0v) is 15.4. The van der Waals surface area contributed by atoms with Gasteiger partial charge in [0, 0.05) is 7.11 Å². The minimum Gasteiger partial charge on any atom is -0.375 e. The first kappa shape index (κ1) is 17.4. The maximum atomic E-state index is 12.9. The van der Waals surface area contributed by atoms with Gasteiger partial charge in [0.15, 0.2) is 0 Å². The molecule has 0 fully saturated rings. The molecule has 1 amide bonds. The molecule has 1 aromatic heterocycles. The summed E-state index contributed by atoms with van der Waals surface area (Å²) < 4.78 is 6.96. The van der Waals surface area contributed by atoms with Gasteiger partial charge in [-0.1, -0.05) is 60.2 Å². The second-order valence-corrected chi connectivity index (χ2v) is 6.79. The van der Waals surface area contributed by atoms with Crippen LogP contribution in [0.25, 0.3) is 0 Å². The number of aryl methyl sites for hydroxylation is 1. The van der Waals surface area contributed by atoms with Crippen molar-refractivity contribution >= 4 is 11.9 Å². The zero-order valence-electron chi connectivity index (χ0n) is 15.4. The van der Waals surface area contributed by atoms with E-state index in [4.69, 9.17) is 4.74 Å². The number of anilines is 1. The summed E-state index contributed by atoms with van der Waals surface area (Å²) >= 11 is 0. The maximum absolute atomic E-state index is 12.9. The maximum Gasteiger partial charge on any atom is 0.255 e. The van der Waals surface area contributed by atoms with Gasteiger partial charge < -0.3 is 4.74 Å². The Hall–Kier alpha value is -2.99. The molecule has 6 nitrogen and oxygen atoms in total. The van der Waals surface area contributed by atoms with E-state index >= 15 is 0 Å². The molecule has 0 bridgehead atoms. The summed E-state index contributed by atoms with van der Waals surface area (Å²) in [7, 11) is 1.53. The van der Waals surface area contributed by atoms with Gasteiger partial charge in [-0.05, 0) is 24.5 Å². The minimum absolute atomic E-state index is 0.00518. The Kier molecular flexibility index (Phi) is 4.73. The van der Waals surface area contributed by atoms with Crippen LogP contribution in [0.5, 0.6) is 0 Å². The molecule has 1 aliphatic heterocycles. The number of carbonyl (C=O) groups is 1. The van der Waals surface area contributed by atoms with Crippen LogP contribution < -0.4 is 4.90 Å². The van der Waals surface area contributed by atoms with E-state index in [2.05, 4.69) is 53.4 Å². The van der Waals surface area contributed by atoms with Crippen molar-refractivity contribution in [2.24, 2.45) is 0 Å². The van der Waals surface area contributed by atoms with E-state index in [0.29, 0.717) is 5.95 Å². The van der Waals surface area contributed by atoms with Gasteiger partial charge in [-0.2, -0.15) is 10.1 Å². The predicted molar refractivity (Wildman–Crippen MR) is 103 cm³/mol. The first-order valence-corrected chi connectivity index (χ1v) is 9.01. The fraction of sp³-hybridized carbons (Fsp3) is 0.286. The average molecular weight is 362 g/mol. The lowest BCUT2D eigenvalue weighted by molar-refractivity contribution is -0.123. The highest BCUT2D eigenvalue weighted by Gasteiger charge is 2.39. The van der Waals surface area contributed by atoms with Crippen LogP contribution in [-0.2, 0) is 9.53 Å². The van der Waals surface area contributed by atoms with Crippen molar-refractivity contribution in [2.75, 3.05) is 18.6 Å². The summed E-state index contributed by atoms with van der Waals surface area (Å²) in [6.07, 6.45) is 2.23. The molecule has 138 valence electrons. The average Bonchev–Trinajstić information content (AvgIpc) is 3.18. The number of fused-ring (bicyclic) bond motifs is 1. The topological polar surface area (TPSA) is 60.2 Å². The molecule has 27 heavy (non-hydrogen) atoms. The van der Waals surface area contributed by atoms with Crippen LogP contribution in [0.1, 0.15) is 35.2 Å². The van der Waals surface area contributed by atoms with E-state index in [-0.39, 0.29) is 24.6 Å². The van der Waals surface area contributed by atoms with Crippen LogP contribution in [0.3, 0.4) is 0 Å². The summed E-state index contributed by atoms with van der Waals surface area (Å²) in [6, 6.07) is 18.4. The molecule has 2 atom stereocenters. The van der Waals surface area contributed by atoms with Crippen LogP contribution in [0.15, 0.2) is 60.9 Å². The Labute approximate surface area is 158 Å². The molecule has 2 heterocycles. The van der Waals surface area contributed by atoms with Gasteiger partial charge in [0.2, 0.25) is 5.95 Å². The van der Waals surface area contributed by atoms with E-state index in [1.165, 1.54) is 19.0 Å². The number of aromatic nitrogens is 3. The standard InChI is InChI=1S/C21H22N4O2/c1-15-8-10-17(11-9-15)18-12-19(16-6-4-3-5-7-16)25-21(22-14-23-25)24(18)20(26)13-27-2/h3-11,14,18-19H,12-13H2,1-2H3/t18-,19+/m0/s1. The van der Waals surface area contributed by atoms with Gasteiger partial charge in [-0.3, -0.25) is 9.69 Å². The summed E-state index contributed by atoms with van der Waals surface area (Å²) in [5, 5.41) is 4.42. The number of rotatable bonds is 4. The highest BCUT2D eigenvalue weighted by Crippen LogP contribution is 2.41. The minimum atomic E-state index is -0.129. The van der Waals surface area contributed by atoms with Crippen molar-refractivity contribution in [2.45, 2.75) is 25.4 Å². The number of amides is 1. The Morgan fingerprint density at radius 1 is 1.07 bits per heavy atom. The highest BCUT2D eigenvalue weighted by atomic mass is 16.5. The molecule has 0 radical (unpaired) electrons. The Morgan fingerprint density at radius 2 is 1.78 bits per heavy atom. The highest BCUT2D eigenvalue weighted by molar-refractivity contribution is 5.93. The Morgan fingerprint density at radius 3 is 2.48 bits per heavy atom. The Balaban J connectivity index is 1.82. The summed E-state index contributed by atoms with van der Waals surface area (Å²) in [5.74, 6) is 0.437. The van der Waals surface area contributed by atoms with E-state index in [0.717, 1.165) is 17.5 Å². The van der Waals surface area contributed by atoms with Crippen LogP contribution in [0.2, 0.25) is 0 Å². The van der Waals surface area contributed by atoms with Gasteiger partial charge >= 0.3 is 0 Å². The third kappa shape index (κ3) is 3.24. The molecule has 0 unspecified atom stereocenters. The second-order valence-electron chi connectivity index (χ2n) is 6.79. The first-order chi connectivity index (χ1) is 13.2. The van der Waals surface area contributed by atoms with Gasteiger partial charge in [0.05, 0.1) is 12.1 Å². The molecule has 0 aliphatic carbocycles. The van der Waals surface area contributed by atoms with Gasteiger partial charge in [0.1, 0.15) is 12.9 Å². The van der Waals surface area contributed by atoms with E-state index in [1.54, 1.807) is 4.90 Å². The molecule has 1 aliphatic rings. The van der Waals surface area contributed by atoms with Crippen LogP contribution in [-0.4, -0.2) is 34.4 Å². The van der Waals surface area contributed by atoms with Crippen LogP contribution in [0, 0.1) is 6.92 Å². The normalized spacial score (nSPS) is 19.0. The van der Waals surface area contributed by atoms with Gasteiger partial charge in [-0.15, -0.1) is 0 Å². The van der Waals surface area contributed by atoms with Gasteiger partial charge in [0.25, 0.3) is 5.91 Å². The lowest BCUT2D eigenvalue weighted by Crippen LogP contribution is -2.44. The number of ether oxygens (including phenoxy) is 1. The number of methoxy groups -OCH3 is 1. The molecule has 4 rings (SSSR count). The monoisotopic (exact) mass is 362 g/mol. The molecule has 0 saturated heterocycles. The third-order valence-electron chi connectivity index (χ3n) is 5.01. The van der Waals surface area contributed by atoms with Crippen molar-refractivity contribution in [3.63, 3.8) is 0 Å². The quantitative estimate of drug-likeness (QED) is 0.714. The Bertz CT molecular complexity index is 921. The lowest BCUT2D eigenvalue weighted by atomic mass is 9.91. The van der Waals surface area contributed by atoms with Crippen LogP contribution >= 0.6 is 0 Å². The number of nitrogens with zero attached hydrogens (tertiary/aromatic N) is 4. The number of benzene rings is 2. The molecule has 0 saturated carbocycles. The summed E-state index contributed by atoms with van der Waals surface area (Å²) in [4.78, 5) is 19.0. The molecule has 6 heteroatoms. The molecule has 0 N–H and O–H groups in total. The predicted octanol–water partition coefficient (Wildman–Crippen LogP) is 3.30. The van der Waals surface area contributed by atoms with Crippen LogP contribution in [0.4, 0.5) is 5.95 Å². The largest absolute Gasteiger partial charge is 0.375 e. The number of hydrogen-bond acceptors (Lipinski definition) is 4. The van der Waals surface area contributed by atoms with Crippen molar-refractivity contribution in [3.8, 4) is 0 Å². The van der Waals surface area contributed by atoms with E-state index < -0.39 is 0 Å². The van der Waals surface area contributed by atoms with Crippen molar-refractivity contribution in [3.05, 3.63) is 77.6 Å². The molecule has 2 aromatic carbocycles. The summed E-state index contributed by atoms with van der Waals surface area (Å²) in [5.41, 5.74) is 3.42. The van der Waals surface area contributed by atoms with E-state index in [1.807, 2.05) is 22.9 Å². The van der Waals surface area contributed by atoms with Gasteiger partial charge in [-0.25, -0.2) is 4.68 Å². The molecule has 0 spiro atoms. The lowest BCUT2D eigenvalue weighted by Gasteiger charge is -2.39. The summed E-state index contributed by atoms with van der Waals surface area (Å²) in [6.45, 7) is 2.06. The number of hydrogen-bond donors (Lipinski definition) is 0. The first-order valence-electron chi connectivity index (χ1n) is 9.01. The smallest absolute Gasteiger partial charge is 0.255 e. The fourth-order valence-corrected chi connectivity index (χ4v) is 3.70. The third-order valence-corrected chi connectivity index (χ3v) is 5.01. The second kappa shape index (κ2) is 7.32.